The van der Waals surface area contributed by atoms with E-state index in [1.807, 2.05) is 48.5 Å². The Balaban J connectivity index is 0.000000487. The molecule has 0 unspecified atom stereocenters. The molecule has 0 saturated carbocycles. The Morgan fingerprint density at radius 1 is 1.00 bits per heavy atom. The number of likely N-dealkylation sites (N-methyl/N-ethyl adjacent to an activating group) is 1. The number of hydrogen-bond acceptors (Lipinski definition) is 5. The van der Waals surface area contributed by atoms with Crippen molar-refractivity contribution < 1.29 is 29.3 Å². The highest BCUT2D eigenvalue weighted by molar-refractivity contribution is 6.27. The van der Waals surface area contributed by atoms with Gasteiger partial charge < -0.3 is 19.8 Å². The van der Waals surface area contributed by atoms with Crippen molar-refractivity contribution in [1.82, 2.24) is 9.88 Å². The van der Waals surface area contributed by atoms with Crippen LogP contribution >= 0.6 is 0 Å². The molecule has 0 spiro atoms. The molecule has 0 radical (unpaired) electrons. The van der Waals surface area contributed by atoms with Gasteiger partial charge in [-0.2, -0.15) is 0 Å². The molecular weight excluding hydrogens is 340 g/mol. The van der Waals surface area contributed by atoms with Gasteiger partial charge in [0.15, 0.2) is 6.61 Å². The number of carbonyl (C=O) groups is 3. The molecule has 0 atom stereocenters. The fourth-order valence-corrected chi connectivity index (χ4v) is 1.72. The van der Waals surface area contributed by atoms with Crippen LogP contribution < -0.4 is 4.74 Å². The van der Waals surface area contributed by atoms with E-state index >= 15 is 0 Å². The Morgan fingerprint density at radius 2 is 1.62 bits per heavy atom. The van der Waals surface area contributed by atoms with Gasteiger partial charge in [-0.15, -0.1) is 0 Å². The van der Waals surface area contributed by atoms with E-state index in [0.29, 0.717) is 12.3 Å². The first-order valence-corrected chi connectivity index (χ1v) is 7.68. The molecule has 0 saturated heterocycles. The maximum Gasteiger partial charge on any atom is 0.414 e. The second-order valence-electron chi connectivity index (χ2n) is 5.10. The van der Waals surface area contributed by atoms with Crippen molar-refractivity contribution in [3.63, 3.8) is 0 Å². The Kier molecular flexibility index (Phi) is 8.88. The summed E-state index contributed by atoms with van der Waals surface area (Å²) in [6.45, 7) is 0.691. The monoisotopic (exact) mass is 360 g/mol. The van der Waals surface area contributed by atoms with E-state index < -0.39 is 11.9 Å². The second kappa shape index (κ2) is 11.2. The zero-order chi connectivity index (χ0) is 19.4. The number of benzene rings is 1. The summed E-state index contributed by atoms with van der Waals surface area (Å²) < 4.78 is 5.43. The van der Waals surface area contributed by atoms with E-state index in [1.54, 1.807) is 18.1 Å². The van der Waals surface area contributed by atoms with E-state index in [1.165, 1.54) is 0 Å². The molecule has 138 valence electrons. The van der Waals surface area contributed by atoms with Crippen LogP contribution in [0.1, 0.15) is 5.69 Å². The van der Waals surface area contributed by atoms with Crippen LogP contribution in [-0.2, 0) is 20.8 Å². The number of aliphatic carboxylic acids is 2. The predicted molar refractivity (Wildman–Crippen MR) is 92.8 cm³/mol. The van der Waals surface area contributed by atoms with Crippen LogP contribution in [0.15, 0.2) is 54.7 Å². The molecule has 1 heterocycles. The lowest BCUT2D eigenvalue weighted by Crippen LogP contribution is -2.33. The van der Waals surface area contributed by atoms with Crippen molar-refractivity contribution in [3.05, 3.63) is 60.4 Å². The second-order valence-corrected chi connectivity index (χ2v) is 5.10. The van der Waals surface area contributed by atoms with Gasteiger partial charge in [0.1, 0.15) is 5.75 Å². The summed E-state index contributed by atoms with van der Waals surface area (Å²) >= 11 is 0. The number of hydrogen-bond donors (Lipinski definition) is 2. The van der Waals surface area contributed by atoms with Crippen molar-refractivity contribution in [3.8, 4) is 5.75 Å². The highest BCUT2D eigenvalue weighted by Crippen LogP contribution is 2.08. The number of rotatable bonds is 6. The van der Waals surface area contributed by atoms with E-state index in [2.05, 4.69) is 4.98 Å². The number of carbonyl (C=O) groups excluding carboxylic acids is 1. The molecule has 2 rings (SSSR count). The van der Waals surface area contributed by atoms with Gasteiger partial charge in [0.2, 0.25) is 0 Å². The third-order valence-corrected chi connectivity index (χ3v) is 3.14. The summed E-state index contributed by atoms with van der Waals surface area (Å²) in [6, 6.07) is 15.1. The lowest BCUT2D eigenvalue weighted by molar-refractivity contribution is -0.159. The number of carboxylic acids is 2. The molecule has 1 aromatic heterocycles. The molecule has 0 fully saturated rings. The van der Waals surface area contributed by atoms with Crippen molar-refractivity contribution >= 4 is 17.8 Å². The molecular formula is C18H20N2O6. The molecule has 2 aromatic rings. The van der Waals surface area contributed by atoms with Gasteiger partial charge in [0, 0.05) is 31.9 Å². The van der Waals surface area contributed by atoms with Crippen LogP contribution in [0.4, 0.5) is 0 Å². The fourth-order valence-electron chi connectivity index (χ4n) is 1.72. The number of pyridine rings is 1. The van der Waals surface area contributed by atoms with E-state index in [-0.39, 0.29) is 12.5 Å². The van der Waals surface area contributed by atoms with Gasteiger partial charge in [0.25, 0.3) is 5.91 Å². The Morgan fingerprint density at radius 3 is 2.15 bits per heavy atom. The van der Waals surface area contributed by atoms with E-state index in [0.717, 1.165) is 12.1 Å². The first-order valence-electron chi connectivity index (χ1n) is 7.68. The number of ether oxygens (including phenoxy) is 1. The topological polar surface area (TPSA) is 117 Å². The van der Waals surface area contributed by atoms with Gasteiger partial charge in [-0.1, -0.05) is 24.3 Å². The lowest BCUT2D eigenvalue weighted by atomic mass is 10.2. The Bertz CT molecular complexity index is 694. The highest BCUT2D eigenvalue weighted by atomic mass is 16.5. The van der Waals surface area contributed by atoms with Crippen LogP contribution in [0.2, 0.25) is 0 Å². The minimum atomic E-state index is -1.82. The maximum absolute atomic E-state index is 11.9. The van der Waals surface area contributed by atoms with Crippen molar-refractivity contribution in [2.24, 2.45) is 0 Å². The zero-order valence-corrected chi connectivity index (χ0v) is 14.2. The van der Waals surface area contributed by atoms with Crippen LogP contribution in [-0.4, -0.2) is 58.1 Å². The average Bonchev–Trinajstić information content (AvgIpc) is 2.66. The van der Waals surface area contributed by atoms with Gasteiger partial charge in [-0.25, -0.2) is 9.59 Å². The lowest BCUT2D eigenvalue weighted by Gasteiger charge is -2.17. The molecule has 1 aromatic carbocycles. The third kappa shape index (κ3) is 8.44. The van der Waals surface area contributed by atoms with E-state index in [4.69, 9.17) is 24.5 Å². The van der Waals surface area contributed by atoms with Gasteiger partial charge in [-0.05, 0) is 24.3 Å². The number of aromatic nitrogens is 1. The first kappa shape index (κ1) is 20.6. The molecule has 0 aliphatic carbocycles. The minimum Gasteiger partial charge on any atom is -0.484 e. The third-order valence-electron chi connectivity index (χ3n) is 3.14. The normalized spacial score (nSPS) is 9.42. The number of amides is 1. The summed E-state index contributed by atoms with van der Waals surface area (Å²) in [5, 5.41) is 14.8. The smallest absolute Gasteiger partial charge is 0.414 e. The first-order chi connectivity index (χ1) is 12.4. The Hall–Kier alpha value is -3.42. The summed E-state index contributed by atoms with van der Waals surface area (Å²) in [5.74, 6) is -2.98. The van der Waals surface area contributed by atoms with Crippen molar-refractivity contribution in [2.45, 2.75) is 6.42 Å². The SMILES string of the molecule is CN(CCc1ccccn1)C(=O)COc1ccccc1.O=C(O)C(=O)O. The predicted octanol–water partition coefficient (Wildman–Crippen LogP) is 1.32. The quantitative estimate of drug-likeness (QED) is 0.746. The van der Waals surface area contributed by atoms with Gasteiger partial charge in [-0.3, -0.25) is 9.78 Å². The molecule has 0 aliphatic rings. The maximum atomic E-state index is 11.9. The summed E-state index contributed by atoms with van der Waals surface area (Å²) in [6.07, 6.45) is 2.50. The molecule has 0 bridgehead atoms. The van der Waals surface area contributed by atoms with E-state index in [9.17, 15) is 4.79 Å². The molecule has 0 aliphatic heterocycles. The van der Waals surface area contributed by atoms with Crippen molar-refractivity contribution in [1.29, 1.82) is 0 Å². The number of para-hydroxylation sites is 1. The largest absolute Gasteiger partial charge is 0.484 e. The Labute approximate surface area is 150 Å². The summed E-state index contributed by atoms with van der Waals surface area (Å²) in [5.41, 5.74) is 0.983. The van der Waals surface area contributed by atoms with Crippen LogP contribution in [0.5, 0.6) is 5.75 Å². The summed E-state index contributed by atoms with van der Waals surface area (Å²) in [4.78, 5) is 36.0. The van der Waals surface area contributed by atoms with Crippen molar-refractivity contribution in [2.75, 3.05) is 20.2 Å². The van der Waals surface area contributed by atoms with Gasteiger partial charge >= 0.3 is 11.9 Å². The minimum absolute atomic E-state index is 0.0372. The molecule has 8 nitrogen and oxygen atoms in total. The standard InChI is InChI=1S/C16H18N2O2.C2H2O4/c1-18(12-10-14-7-5-6-11-17-14)16(19)13-20-15-8-3-2-4-9-15;3-1(4)2(5)6/h2-9,11H,10,12-13H2,1H3;(H,3,4)(H,5,6). The highest BCUT2D eigenvalue weighted by Gasteiger charge is 2.09. The van der Waals surface area contributed by atoms with Crippen LogP contribution in [0, 0.1) is 0 Å². The summed E-state index contributed by atoms with van der Waals surface area (Å²) in [7, 11) is 1.78. The van der Waals surface area contributed by atoms with Crippen LogP contribution in [0.25, 0.3) is 0 Å². The number of carboxylic acid groups (broad SMARTS) is 2. The molecule has 8 heteroatoms. The fraction of sp³-hybridized carbons (Fsp3) is 0.222. The van der Waals surface area contributed by atoms with Gasteiger partial charge in [0.05, 0.1) is 0 Å². The van der Waals surface area contributed by atoms with Crippen LogP contribution in [0.3, 0.4) is 0 Å². The molecule has 2 N–H and O–H groups in total. The number of nitrogens with zero attached hydrogens (tertiary/aromatic N) is 2. The zero-order valence-electron chi connectivity index (χ0n) is 14.2. The average molecular weight is 360 g/mol. The molecule has 1 amide bonds. The molecule has 26 heavy (non-hydrogen) atoms.